The molecule has 7 nitrogen and oxygen atoms in total. The number of fused-ring (bicyclic) bond motifs is 2. The number of carbonyl (C=O) groups is 1. The molecule has 0 bridgehead atoms. The second kappa shape index (κ2) is 5.84. The molecule has 0 aliphatic carbocycles. The zero-order chi connectivity index (χ0) is 17.6. The quantitative estimate of drug-likeness (QED) is 0.571. The van der Waals surface area contributed by atoms with Gasteiger partial charge in [0.05, 0.1) is 5.52 Å². The predicted molar refractivity (Wildman–Crippen MR) is 93.8 cm³/mol. The van der Waals surface area contributed by atoms with Crippen LogP contribution in [-0.4, -0.2) is 37.9 Å². The van der Waals surface area contributed by atoms with Crippen LogP contribution in [0.5, 0.6) is 0 Å². The van der Waals surface area contributed by atoms with Gasteiger partial charge in [0.2, 0.25) is 5.95 Å². The molecule has 3 aromatic rings. The number of benzene rings is 2. The van der Waals surface area contributed by atoms with Crippen molar-refractivity contribution in [3.05, 3.63) is 59.3 Å². The number of carbonyl (C=O) groups excluding carboxylic acids is 1. The third-order valence-electron chi connectivity index (χ3n) is 4.37. The van der Waals surface area contributed by atoms with Crippen LogP contribution in [0.25, 0.3) is 10.9 Å². The number of amides is 1. The van der Waals surface area contributed by atoms with Crippen molar-refractivity contribution in [1.29, 1.82) is 0 Å². The van der Waals surface area contributed by atoms with E-state index in [0.29, 0.717) is 24.0 Å². The molecule has 0 saturated carbocycles. The maximum atomic E-state index is 13.0. The van der Waals surface area contributed by atoms with Crippen LogP contribution in [0.1, 0.15) is 21.6 Å². The molecule has 0 saturated heterocycles. The van der Waals surface area contributed by atoms with E-state index in [2.05, 4.69) is 9.97 Å². The van der Waals surface area contributed by atoms with Gasteiger partial charge in [-0.25, -0.2) is 9.97 Å². The molecule has 25 heavy (non-hydrogen) atoms. The lowest BCUT2D eigenvalue weighted by Gasteiger charge is -2.16. The van der Waals surface area contributed by atoms with Crippen LogP contribution in [0.4, 0.5) is 5.95 Å². The Morgan fingerprint density at radius 2 is 1.76 bits per heavy atom. The molecule has 2 heterocycles. The highest BCUT2D eigenvalue weighted by Crippen LogP contribution is 2.25. The Balaban J connectivity index is 1.78. The fourth-order valence-corrected chi connectivity index (χ4v) is 3.11. The molecule has 8 heteroatoms. The second-order valence-corrected chi connectivity index (χ2v) is 6.01. The summed E-state index contributed by atoms with van der Waals surface area (Å²) in [7, 11) is -1.64. The summed E-state index contributed by atoms with van der Waals surface area (Å²) in [6.07, 6.45) is 0. The van der Waals surface area contributed by atoms with Gasteiger partial charge in [0.1, 0.15) is 5.69 Å². The van der Waals surface area contributed by atoms with Crippen LogP contribution < -0.4 is 11.2 Å². The van der Waals surface area contributed by atoms with Gasteiger partial charge in [-0.3, -0.25) is 4.79 Å². The van der Waals surface area contributed by atoms with Crippen molar-refractivity contribution in [2.45, 2.75) is 13.1 Å². The standard InChI is InChI=1S/C17H15BN4O3/c19-17-20-14-6-5-12(18(24)25)7-13(14)15(21-17)16(23)22-8-10-3-1-2-4-11(10)9-22/h1-7,24-25H,8-9H2,(H2,19,20,21). The van der Waals surface area contributed by atoms with Crippen LogP contribution in [0, 0.1) is 0 Å². The lowest BCUT2D eigenvalue weighted by molar-refractivity contribution is 0.0747. The van der Waals surface area contributed by atoms with E-state index < -0.39 is 7.12 Å². The third-order valence-corrected chi connectivity index (χ3v) is 4.37. The molecular formula is C17H15BN4O3. The fourth-order valence-electron chi connectivity index (χ4n) is 3.11. The lowest BCUT2D eigenvalue weighted by Crippen LogP contribution is -2.30. The van der Waals surface area contributed by atoms with E-state index in [1.54, 1.807) is 11.0 Å². The lowest BCUT2D eigenvalue weighted by atomic mass is 9.79. The number of nitrogen functional groups attached to an aromatic ring is 1. The zero-order valence-electron chi connectivity index (χ0n) is 13.3. The SMILES string of the molecule is Nc1nc(C(=O)N2Cc3ccccc3C2)c2cc(B(O)O)ccc2n1. The summed E-state index contributed by atoms with van der Waals surface area (Å²) in [5.41, 5.74) is 8.87. The van der Waals surface area contributed by atoms with Gasteiger partial charge < -0.3 is 20.7 Å². The molecule has 124 valence electrons. The smallest absolute Gasteiger partial charge is 0.423 e. The molecule has 2 aromatic carbocycles. The Morgan fingerprint density at radius 3 is 2.40 bits per heavy atom. The number of rotatable bonds is 2. The first-order chi connectivity index (χ1) is 12.0. The van der Waals surface area contributed by atoms with Crippen molar-refractivity contribution >= 4 is 35.3 Å². The molecule has 1 aliphatic rings. The summed E-state index contributed by atoms with van der Waals surface area (Å²) in [4.78, 5) is 22.9. The molecule has 0 atom stereocenters. The van der Waals surface area contributed by atoms with Gasteiger partial charge in [0.15, 0.2) is 0 Å². The normalized spacial score (nSPS) is 13.1. The fraction of sp³-hybridized carbons (Fsp3) is 0.118. The highest BCUT2D eigenvalue weighted by molar-refractivity contribution is 6.59. The maximum absolute atomic E-state index is 13.0. The largest absolute Gasteiger partial charge is 0.488 e. The van der Waals surface area contributed by atoms with Crippen molar-refractivity contribution in [2.75, 3.05) is 5.73 Å². The first-order valence-corrected chi connectivity index (χ1v) is 7.82. The summed E-state index contributed by atoms with van der Waals surface area (Å²) in [6, 6.07) is 12.5. The molecule has 0 fully saturated rings. The summed E-state index contributed by atoms with van der Waals surface area (Å²) >= 11 is 0. The van der Waals surface area contributed by atoms with Gasteiger partial charge in [-0.1, -0.05) is 36.4 Å². The highest BCUT2D eigenvalue weighted by Gasteiger charge is 2.27. The topological polar surface area (TPSA) is 113 Å². The number of nitrogens with zero attached hydrogens (tertiary/aromatic N) is 3. The Labute approximate surface area is 143 Å². The predicted octanol–water partition coefficient (Wildman–Crippen LogP) is 0.0478. The average molecular weight is 334 g/mol. The van der Waals surface area contributed by atoms with Crippen molar-refractivity contribution in [2.24, 2.45) is 0 Å². The summed E-state index contributed by atoms with van der Waals surface area (Å²) < 4.78 is 0. The van der Waals surface area contributed by atoms with Gasteiger partial charge >= 0.3 is 7.12 Å². The van der Waals surface area contributed by atoms with Crippen LogP contribution in [0.15, 0.2) is 42.5 Å². The van der Waals surface area contributed by atoms with E-state index >= 15 is 0 Å². The van der Waals surface area contributed by atoms with Crippen molar-refractivity contribution < 1.29 is 14.8 Å². The van der Waals surface area contributed by atoms with Crippen molar-refractivity contribution in [1.82, 2.24) is 14.9 Å². The van der Waals surface area contributed by atoms with Gasteiger partial charge in [-0.15, -0.1) is 0 Å². The van der Waals surface area contributed by atoms with E-state index in [9.17, 15) is 14.8 Å². The minimum absolute atomic E-state index is 0.00450. The van der Waals surface area contributed by atoms with Crippen molar-refractivity contribution in [3.63, 3.8) is 0 Å². The van der Waals surface area contributed by atoms with Gasteiger partial charge in [0, 0.05) is 18.5 Å². The van der Waals surface area contributed by atoms with Gasteiger partial charge in [-0.05, 0) is 22.7 Å². The maximum Gasteiger partial charge on any atom is 0.488 e. The summed E-state index contributed by atoms with van der Waals surface area (Å²) in [5, 5.41) is 19.2. The number of hydrogen-bond donors (Lipinski definition) is 3. The number of anilines is 1. The minimum Gasteiger partial charge on any atom is -0.423 e. The number of hydrogen-bond acceptors (Lipinski definition) is 6. The Kier molecular flexibility index (Phi) is 3.63. The Bertz CT molecular complexity index is 968. The van der Waals surface area contributed by atoms with E-state index in [1.807, 2.05) is 24.3 Å². The molecule has 1 aliphatic heterocycles. The van der Waals surface area contributed by atoms with E-state index in [-0.39, 0.29) is 23.0 Å². The van der Waals surface area contributed by atoms with Crippen LogP contribution in [0.3, 0.4) is 0 Å². The van der Waals surface area contributed by atoms with E-state index in [4.69, 9.17) is 5.73 Å². The zero-order valence-corrected chi connectivity index (χ0v) is 13.3. The van der Waals surface area contributed by atoms with Gasteiger partial charge in [-0.2, -0.15) is 0 Å². The number of nitrogens with two attached hydrogens (primary N) is 1. The summed E-state index contributed by atoms with van der Waals surface area (Å²) in [5.74, 6) is -0.260. The first kappa shape index (κ1) is 15.6. The second-order valence-electron chi connectivity index (χ2n) is 6.01. The van der Waals surface area contributed by atoms with Crippen LogP contribution in [-0.2, 0) is 13.1 Å². The first-order valence-electron chi connectivity index (χ1n) is 7.82. The molecule has 1 aromatic heterocycles. The van der Waals surface area contributed by atoms with E-state index in [1.165, 1.54) is 12.1 Å². The van der Waals surface area contributed by atoms with Gasteiger partial charge in [0.25, 0.3) is 5.91 Å². The van der Waals surface area contributed by atoms with E-state index in [0.717, 1.165) is 11.1 Å². The molecule has 0 unspecified atom stereocenters. The molecule has 0 spiro atoms. The molecule has 0 radical (unpaired) electrons. The molecule has 1 amide bonds. The Hall–Kier alpha value is -2.97. The molecule has 4 N–H and O–H groups in total. The van der Waals surface area contributed by atoms with Crippen molar-refractivity contribution in [3.8, 4) is 0 Å². The highest BCUT2D eigenvalue weighted by atomic mass is 16.4. The average Bonchev–Trinajstić information content (AvgIpc) is 3.04. The third kappa shape index (κ3) is 2.71. The number of aromatic nitrogens is 2. The molecule has 4 rings (SSSR count). The Morgan fingerprint density at radius 1 is 1.08 bits per heavy atom. The summed E-state index contributed by atoms with van der Waals surface area (Å²) in [6.45, 7) is 1.01. The monoisotopic (exact) mass is 334 g/mol. The van der Waals surface area contributed by atoms with Crippen LogP contribution in [0.2, 0.25) is 0 Å². The minimum atomic E-state index is -1.64. The van der Waals surface area contributed by atoms with Crippen LogP contribution >= 0.6 is 0 Å². The molecular weight excluding hydrogens is 319 g/mol.